The van der Waals surface area contributed by atoms with Crippen LogP contribution in [0.1, 0.15) is 57.3 Å². The van der Waals surface area contributed by atoms with E-state index in [1.807, 2.05) is 13.0 Å². The Hall–Kier alpha value is -2.62. The van der Waals surface area contributed by atoms with Gasteiger partial charge in [-0.3, -0.25) is 4.79 Å². The number of amides is 1. The van der Waals surface area contributed by atoms with Crippen molar-refractivity contribution in [1.29, 1.82) is 0 Å². The molecule has 2 N–H and O–H groups in total. The summed E-state index contributed by atoms with van der Waals surface area (Å²) in [7, 11) is 0. The molecule has 0 saturated carbocycles. The number of allylic oxidation sites excluding steroid dienone is 5. The SMILES string of the molecule is CC1=C(/C=C/C(C)=C/C(=O)Nc2ccc(C(=O)O)cc2)C(C)(C)CCC1. The molecule has 0 unspecified atom stereocenters. The molecular formula is C22H27NO3. The third-order valence-corrected chi connectivity index (χ3v) is 4.81. The van der Waals surface area contributed by atoms with E-state index in [1.165, 1.54) is 36.1 Å². The van der Waals surface area contributed by atoms with Crippen LogP contribution in [0.4, 0.5) is 5.69 Å². The molecule has 0 atom stereocenters. The lowest BCUT2D eigenvalue weighted by Crippen LogP contribution is -2.19. The highest BCUT2D eigenvalue weighted by Crippen LogP contribution is 2.40. The number of carboxylic acids is 1. The number of hydrogen-bond acceptors (Lipinski definition) is 2. The van der Waals surface area contributed by atoms with Crippen LogP contribution in [-0.2, 0) is 4.79 Å². The topological polar surface area (TPSA) is 66.4 Å². The summed E-state index contributed by atoms with van der Waals surface area (Å²) in [6.45, 7) is 8.62. The summed E-state index contributed by atoms with van der Waals surface area (Å²) in [5.41, 5.74) is 4.59. The summed E-state index contributed by atoms with van der Waals surface area (Å²) in [6.07, 6.45) is 9.22. The van der Waals surface area contributed by atoms with Crippen molar-refractivity contribution in [2.45, 2.75) is 47.0 Å². The summed E-state index contributed by atoms with van der Waals surface area (Å²) < 4.78 is 0. The Morgan fingerprint density at radius 2 is 1.85 bits per heavy atom. The first-order valence-electron chi connectivity index (χ1n) is 8.90. The fourth-order valence-electron chi connectivity index (χ4n) is 3.35. The van der Waals surface area contributed by atoms with Crippen molar-refractivity contribution in [2.75, 3.05) is 5.32 Å². The average molecular weight is 353 g/mol. The zero-order valence-electron chi connectivity index (χ0n) is 15.9. The number of carboxylic acid groups (broad SMARTS) is 1. The van der Waals surface area contributed by atoms with Crippen molar-refractivity contribution >= 4 is 17.6 Å². The smallest absolute Gasteiger partial charge is 0.335 e. The number of hydrogen-bond donors (Lipinski definition) is 2. The largest absolute Gasteiger partial charge is 0.478 e. The van der Waals surface area contributed by atoms with Crippen LogP contribution < -0.4 is 5.32 Å². The Morgan fingerprint density at radius 1 is 1.19 bits per heavy atom. The summed E-state index contributed by atoms with van der Waals surface area (Å²) in [5, 5.41) is 11.6. The minimum Gasteiger partial charge on any atom is -0.478 e. The van der Waals surface area contributed by atoms with Crippen LogP contribution in [-0.4, -0.2) is 17.0 Å². The van der Waals surface area contributed by atoms with Crippen molar-refractivity contribution in [2.24, 2.45) is 5.41 Å². The van der Waals surface area contributed by atoms with E-state index >= 15 is 0 Å². The normalized spacial score (nSPS) is 17.5. The highest BCUT2D eigenvalue weighted by molar-refractivity contribution is 6.00. The molecule has 0 saturated heterocycles. The minimum absolute atomic E-state index is 0.174. The van der Waals surface area contributed by atoms with Crippen LogP contribution in [0.2, 0.25) is 0 Å². The minimum atomic E-state index is -0.987. The Bertz CT molecular complexity index is 780. The monoisotopic (exact) mass is 353 g/mol. The van der Waals surface area contributed by atoms with E-state index in [9.17, 15) is 9.59 Å². The van der Waals surface area contributed by atoms with Gasteiger partial charge in [0.05, 0.1) is 5.56 Å². The molecule has 0 bridgehead atoms. The number of nitrogens with one attached hydrogen (secondary N) is 1. The molecule has 0 aromatic heterocycles. The Labute approximate surface area is 155 Å². The van der Waals surface area contributed by atoms with Gasteiger partial charge in [0, 0.05) is 11.8 Å². The summed E-state index contributed by atoms with van der Waals surface area (Å²) in [6, 6.07) is 6.10. The second kappa shape index (κ2) is 8.17. The van der Waals surface area contributed by atoms with Gasteiger partial charge in [0.2, 0.25) is 5.91 Å². The molecule has 138 valence electrons. The van der Waals surface area contributed by atoms with E-state index in [0.29, 0.717) is 5.69 Å². The van der Waals surface area contributed by atoms with Crippen molar-refractivity contribution < 1.29 is 14.7 Å². The van der Waals surface area contributed by atoms with Gasteiger partial charge < -0.3 is 10.4 Å². The van der Waals surface area contributed by atoms with Crippen LogP contribution in [0.3, 0.4) is 0 Å². The third-order valence-electron chi connectivity index (χ3n) is 4.81. The molecule has 0 radical (unpaired) electrons. The van der Waals surface area contributed by atoms with Gasteiger partial charge in [-0.2, -0.15) is 0 Å². The maximum atomic E-state index is 12.1. The highest BCUT2D eigenvalue weighted by atomic mass is 16.4. The first-order chi connectivity index (χ1) is 12.2. The summed E-state index contributed by atoms with van der Waals surface area (Å²) >= 11 is 0. The summed E-state index contributed by atoms with van der Waals surface area (Å²) in [4.78, 5) is 23.0. The zero-order chi connectivity index (χ0) is 19.3. The third kappa shape index (κ3) is 5.19. The van der Waals surface area contributed by atoms with E-state index in [2.05, 4.69) is 32.2 Å². The van der Waals surface area contributed by atoms with Gasteiger partial charge in [-0.15, -0.1) is 0 Å². The Balaban J connectivity index is 2.04. The van der Waals surface area contributed by atoms with Crippen molar-refractivity contribution in [3.8, 4) is 0 Å². The highest BCUT2D eigenvalue weighted by Gasteiger charge is 2.26. The Kier molecular flexibility index (Phi) is 6.19. The number of anilines is 1. The van der Waals surface area contributed by atoms with Crippen LogP contribution in [0.25, 0.3) is 0 Å². The average Bonchev–Trinajstić information content (AvgIpc) is 2.54. The van der Waals surface area contributed by atoms with Crippen LogP contribution in [0.15, 0.2) is 59.2 Å². The number of rotatable bonds is 5. The first-order valence-corrected chi connectivity index (χ1v) is 8.90. The number of aromatic carboxylic acids is 1. The molecule has 0 heterocycles. The van der Waals surface area contributed by atoms with E-state index in [1.54, 1.807) is 18.2 Å². The Morgan fingerprint density at radius 3 is 2.42 bits per heavy atom. The molecule has 4 nitrogen and oxygen atoms in total. The van der Waals surface area contributed by atoms with Gasteiger partial charge in [0.1, 0.15) is 0 Å². The van der Waals surface area contributed by atoms with E-state index < -0.39 is 5.97 Å². The van der Waals surface area contributed by atoms with Gasteiger partial charge in [-0.1, -0.05) is 31.6 Å². The van der Waals surface area contributed by atoms with E-state index in [4.69, 9.17) is 5.11 Å². The zero-order valence-corrected chi connectivity index (χ0v) is 15.9. The van der Waals surface area contributed by atoms with Gasteiger partial charge in [-0.25, -0.2) is 4.79 Å². The number of carbonyl (C=O) groups excluding carboxylic acids is 1. The lowest BCUT2D eigenvalue weighted by molar-refractivity contribution is -0.111. The molecule has 26 heavy (non-hydrogen) atoms. The molecule has 2 rings (SSSR count). The number of benzene rings is 1. The van der Waals surface area contributed by atoms with Gasteiger partial charge in [0.15, 0.2) is 0 Å². The maximum Gasteiger partial charge on any atom is 0.335 e. The molecule has 1 aromatic rings. The molecule has 0 spiro atoms. The van der Waals surface area contributed by atoms with E-state index in [0.717, 1.165) is 12.0 Å². The molecule has 0 aliphatic heterocycles. The van der Waals surface area contributed by atoms with Crippen LogP contribution >= 0.6 is 0 Å². The van der Waals surface area contributed by atoms with Crippen molar-refractivity contribution in [3.63, 3.8) is 0 Å². The predicted molar refractivity (Wildman–Crippen MR) is 105 cm³/mol. The maximum absolute atomic E-state index is 12.1. The second-order valence-corrected chi connectivity index (χ2v) is 7.52. The number of carbonyl (C=O) groups is 2. The van der Waals surface area contributed by atoms with E-state index in [-0.39, 0.29) is 16.9 Å². The van der Waals surface area contributed by atoms with Crippen molar-refractivity contribution in [3.05, 3.63) is 64.8 Å². The lowest BCUT2D eigenvalue weighted by atomic mass is 9.72. The second-order valence-electron chi connectivity index (χ2n) is 7.52. The molecule has 1 aliphatic carbocycles. The summed E-state index contributed by atoms with van der Waals surface area (Å²) in [5.74, 6) is -1.22. The van der Waals surface area contributed by atoms with Gasteiger partial charge >= 0.3 is 5.97 Å². The molecule has 1 aliphatic rings. The van der Waals surface area contributed by atoms with Crippen molar-refractivity contribution in [1.82, 2.24) is 0 Å². The molecular weight excluding hydrogens is 326 g/mol. The van der Waals surface area contributed by atoms with Gasteiger partial charge in [-0.05, 0) is 73.9 Å². The molecule has 1 aromatic carbocycles. The fraction of sp³-hybridized carbons (Fsp3) is 0.364. The fourth-order valence-corrected chi connectivity index (χ4v) is 3.35. The predicted octanol–water partition coefficient (Wildman–Crippen LogP) is 5.35. The standard InChI is InChI=1S/C22H27NO3/c1-15(7-12-19-16(2)6-5-13-22(19,3)4)14-20(24)23-18-10-8-17(9-11-18)21(25)26/h7-12,14H,5-6,13H2,1-4H3,(H,23,24)(H,25,26)/b12-7+,15-14+. The van der Waals surface area contributed by atoms with Gasteiger partial charge in [0.25, 0.3) is 0 Å². The van der Waals surface area contributed by atoms with Crippen LogP contribution in [0.5, 0.6) is 0 Å². The lowest BCUT2D eigenvalue weighted by Gasteiger charge is -2.32. The van der Waals surface area contributed by atoms with Crippen LogP contribution in [0, 0.1) is 5.41 Å². The molecule has 4 heteroatoms. The first kappa shape index (κ1) is 19.7. The molecule has 0 fully saturated rings. The quantitative estimate of drug-likeness (QED) is 0.554. The molecule has 1 amide bonds.